The quantitative estimate of drug-likeness (QED) is 0.0169. The minimum absolute atomic E-state index is 0.0627. The maximum Gasteiger partial charge on any atom is 0.408 e. The van der Waals surface area contributed by atoms with E-state index in [0.29, 0.717) is 84.3 Å². The number of aromatic carboxylic acids is 1. The molecule has 3 aromatic heterocycles. The first-order chi connectivity index (χ1) is 48.6. The fourth-order valence-electron chi connectivity index (χ4n) is 17.0. The molecule has 7 amide bonds. The van der Waals surface area contributed by atoms with Gasteiger partial charge in [-0.1, -0.05) is 102 Å². The number of aromatic nitrogens is 4. The van der Waals surface area contributed by atoms with E-state index in [1.165, 1.54) is 40.3 Å². The summed E-state index contributed by atoms with van der Waals surface area (Å²) in [6, 6.07) is 21.2. The number of ketones is 1. The average molecular weight is 1410 g/mol. The van der Waals surface area contributed by atoms with Crippen LogP contribution in [0.4, 0.5) is 21.4 Å². The van der Waals surface area contributed by atoms with Crippen molar-refractivity contribution in [2.24, 2.45) is 28.1 Å². The number of fused-ring (bicyclic) bond motifs is 2. The van der Waals surface area contributed by atoms with Gasteiger partial charge in [-0.05, 0) is 146 Å². The highest BCUT2D eigenvalue weighted by molar-refractivity contribution is 7.22. The minimum atomic E-state index is -1.46. The highest BCUT2D eigenvalue weighted by atomic mass is 32.1. The molecule has 0 saturated heterocycles. The van der Waals surface area contributed by atoms with Gasteiger partial charge in [0.15, 0.2) is 16.6 Å². The first kappa shape index (κ1) is 73.5. The number of likely N-dealkylation sites (N-methyl/N-ethyl adjacent to an activating group) is 1. The van der Waals surface area contributed by atoms with Crippen molar-refractivity contribution in [3.63, 3.8) is 0 Å². The van der Waals surface area contributed by atoms with Gasteiger partial charge in [-0.15, -0.1) is 0 Å². The van der Waals surface area contributed by atoms with Crippen LogP contribution in [0.1, 0.15) is 168 Å². The molecule has 6 N–H and O–H groups in total. The third-order valence-corrected chi connectivity index (χ3v) is 21.7. The number of para-hydroxylation sites is 1. The van der Waals surface area contributed by atoms with Crippen LogP contribution in [0.25, 0.3) is 21.3 Å². The van der Waals surface area contributed by atoms with E-state index in [1.54, 1.807) is 49.5 Å². The Labute approximate surface area is 596 Å². The summed E-state index contributed by atoms with van der Waals surface area (Å²) < 4.78 is 15.4. The molecule has 5 heterocycles. The number of benzene rings is 3. The number of carboxylic acid groups (broad SMARTS) is 2. The van der Waals surface area contributed by atoms with Gasteiger partial charge < -0.3 is 45.4 Å². The van der Waals surface area contributed by atoms with Crippen molar-refractivity contribution in [3.8, 4) is 11.1 Å². The Balaban J connectivity index is 0.640. The van der Waals surface area contributed by atoms with Gasteiger partial charge in [0.05, 0.1) is 41.1 Å². The van der Waals surface area contributed by atoms with Gasteiger partial charge >= 0.3 is 18.0 Å². The van der Waals surface area contributed by atoms with Crippen LogP contribution >= 0.6 is 11.3 Å². The molecular formula is C76H91N11O14S. The van der Waals surface area contributed by atoms with Crippen molar-refractivity contribution >= 4 is 97.4 Å². The van der Waals surface area contributed by atoms with Gasteiger partial charge in [0.2, 0.25) is 17.7 Å². The predicted molar refractivity (Wildman–Crippen MR) is 382 cm³/mol. The van der Waals surface area contributed by atoms with E-state index in [2.05, 4.69) is 40.1 Å². The lowest BCUT2D eigenvalue weighted by atomic mass is 9.39. The maximum absolute atomic E-state index is 14.0. The molecule has 5 atom stereocenters. The third kappa shape index (κ3) is 17.3. The zero-order chi connectivity index (χ0) is 72.8. The number of rotatable bonds is 32. The molecule has 0 radical (unpaired) electrons. The maximum atomic E-state index is 14.0. The van der Waals surface area contributed by atoms with Crippen molar-refractivity contribution in [1.82, 2.24) is 40.2 Å². The van der Waals surface area contributed by atoms with Crippen LogP contribution in [-0.2, 0) is 69.2 Å². The Hall–Kier alpha value is -9.69. The lowest BCUT2D eigenvalue weighted by Crippen LogP contribution is -2.64. The molecule has 4 bridgehead atoms. The lowest BCUT2D eigenvalue weighted by Gasteiger charge is -2.69. The van der Waals surface area contributed by atoms with Gasteiger partial charge in [0.1, 0.15) is 18.5 Å². The Morgan fingerprint density at radius 3 is 2.19 bits per heavy atom. The van der Waals surface area contributed by atoms with Gasteiger partial charge in [-0.25, -0.2) is 19.6 Å². The molecule has 26 heteroatoms. The lowest BCUT2D eigenvalue weighted by molar-refractivity contribution is -0.248. The minimum Gasteiger partial charge on any atom is -0.481 e. The van der Waals surface area contributed by atoms with Crippen molar-refractivity contribution in [1.29, 1.82) is 0 Å². The fourth-order valence-corrected chi connectivity index (χ4v) is 17.8. The Morgan fingerprint density at radius 1 is 0.765 bits per heavy atom. The molecule has 25 nitrogen and oxygen atoms in total. The molecule has 6 aromatic rings. The first-order valence-corrected chi connectivity index (χ1v) is 36.0. The second kappa shape index (κ2) is 30.9. The molecule has 2 unspecified atom stereocenters. The summed E-state index contributed by atoms with van der Waals surface area (Å²) >= 11 is 1.41. The number of amides is 7. The summed E-state index contributed by atoms with van der Waals surface area (Å²) in [5, 5.41) is 37.1. The molecule has 3 aromatic carbocycles. The Kier molecular flexibility index (Phi) is 22.3. The number of pyridine rings is 1. The predicted octanol–water partition coefficient (Wildman–Crippen LogP) is 10.7. The van der Waals surface area contributed by atoms with Crippen LogP contribution in [0.3, 0.4) is 0 Å². The molecule has 2 aliphatic heterocycles. The first-order valence-electron chi connectivity index (χ1n) is 35.2. The van der Waals surface area contributed by atoms with Crippen LogP contribution < -0.4 is 26.2 Å². The summed E-state index contributed by atoms with van der Waals surface area (Å²) in [7, 11) is 1.54. The van der Waals surface area contributed by atoms with E-state index >= 15 is 0 Å². The summed E-state index contributed by atoms with van der Waals surface area (Å²) in [4.78, 5) is 143. The van der Waals surface area contributed by atoms with Crippen LogP contribution in [0.5, 0.6) is 0 Å². The standard InChI is InChI=1S/C76H91N11O14S/c1-46(2)65(82-61(89)20-11-9-8-10-14-30-86-62(90)27-28-63(86)91)58(88)34-47(3)67(94)78-51-23-21-49(22-24-51)38-100-72(99)80-57(35-64(92)93)69(96)84(7)32-33-101-76-42-73(5)39-74(6,43-76)41-75(40-73,44-76)45-87-48(4)54(36-77-87)52-25-26-60(81-66(52)70(97)98)85-31-29-50-16-15-17-53(55(50)37-85)68(95)83-71-79-56-18-12-13-19-59(56)102-71/h12-13,15-19,21-28,36,46-47,57,65H,8-11,14,20,29-35,37-45H2,1-7H3,(H,78,94)(H,80,99)(H,82,89)(H,92,93)(H,97,98)(H,79,83,95)/t47-,57-,65+,73?,74?,75?,76?/m1/s1. The van der Waals surface area contributed by atoms with Gasteiger partial charge in [0.25, 0.3) is 17.7 Å². The average Bonchev–Trinajstić information content (AvgIpc) is 0.889. The summed E-state index contributed by atoms with van der Waals surface area (Å²) in [5.74, 6) is -5.42. The molecular weight excluding hydrogens is 1320 g/mol. The van der Waals surface area contributed by atoms with E-state index in [0.717, 1.165) is 84.8 Å². The number of ether oxygens (including phenoxy) is 2. The van der Waals surface area contributed by atoms with Crippen LogP contribution in [-0.4, -0.2) is 150 Å². The number of hydrogen-bond donors (Lipinski definition) is 6. The number of aliphatic carboxylic acids is 1. The van der Waals surface area contributed by atoms with E-state index in [9.17, 15) is 58.2 Å². The molecule has 4 aliphatic carbocycles. The second-order valence-electron chi connectivity index (χ2n) is 29.8. The van der Waals surface area contributed by atoms with Crippen molar-refractivity contribution in [2.45, 2.75) is 175 Å². The van der Waals surface area contributed by atoms with Gasteiger partial charge in [-0.2, -0.15) is 5.10 Å². The van der Waals surface area contributed by atoms with Crippen molar-refractivity contribution in [2.75, 3.05) is 48.8 Å². The Bertz CT molecular complexity index is 4190. The molecule has 12 rings (SSSR count). The fraction of sp³-hybridized carbons (Fsp3) is 0.487. The molecule has 102 heavy (non-hydrogen) atoms. The zero-order valence-electron chi connectivity index (χ0n) is 58.9. The largest absolute Gasteiger partial charge is 0.481 e. The number of carboxylic acids is 2. The van der Waals surface area contributed by atoms with Crippen LogP contribution in [0.15, 0.2) is 97.2 Å². The number of alkyl carbamates (subject to hydrolysis) is 1. The van der Waals surface area contributed by atoms with Gasteiger partial charge in [-0.3, -0.25) is 53.3 Å². The summed E-state index contributed by atoms with van der Waals surface area (Å²) in [6.45, 7) is 13.7. The third-order valence-electron chi connectivity index (χ3n) is 20.7. The SMILES string of the molecule is Cc1c(-c2ccc(N3CCc4cccc(C(=O)Nc5nc6ccccc6s5)c4C3)nc2C(=O)O)cnn1CC12CC3(C)CC(C)(C1)CC(OCCN(C)C(=O)[C@@H](CC(=O)O)NC(=O)OCc1ccc(NC(=O)[C@H](C)CC(=O)[C@@H](NC(=O)CCCCCCCN4C(=O)C=CC4=O)C(C)C)cc1)(C3)C2. The van der Waals surface area contributed by atoms with Crippen LogP contribution in [0.2, 0.25) is 0 Å². The van der Waals surface area contributed by atoms with Gasteiger partial charge in [0, 0.05) is 98.8 Å². The smallest absolute Gasteiger partial charge is 0.408 e. The number of hydrogen-bond acceptors (Lipinski definition) is 17. The topological polar surface area (TPSA) is 331 Å². The number of thiazole rings is 1. The van der Waals surface area contributed by atoms with E-state index in [4.69, 9.17) is 19.6 Å². The number of anilines is 3. The monoisotopic (exact) mass is 1410 g/mol. The zero-order valence-corrected chi connectivity index (χ0v) is 59.8. The highest BCUT2D eigenvalue weighted by Gasteiger charge is 2.66. The molecule has 6 aliphatic rings. The number of nitrogens with zero attached hydrogens (tertiary/aromatic N) is 7. The van der Waals surface area contributed by atoms with E-state index in [-0.39, 0.29) is 89.9 Å². The summed E-state index contributed by atoms with van der Waals surface area (Å²) in [6.07, 6.45) is 12.2. The number of Topliss-reactive ketones (excluding diaryl/α,β-unsaturated/α-hetero) is 1. The second-order valence-corrected chi connectivity index (χ2v) is 30.8. The Morgan fingerprint density at radius 2 is 1.48 bits per heavy atom. The molecule has 4 saturated carbocycles. The molecule has 540 valence electrons. The number of unbranched alkanes of at least 4 members (excludes halogenated alkanes) is 4. The normalized spacial score (nSPS) is 21.2. The number of nitrogens with one attached hydrogen (secondary N) is 4. The van der Waals surface area contributed by atoms with Crippen LogP contribution in [0, 0.1) is 35.0 Å². The molecule has 4 fully saturated rings. The van der Waals surface area contributed by atoms with E-state index in [1.807, 2.05) is 72.8 Å². The summed E-state index contributed by atoms with van der Waals surface area (Å²) in [5.41, 5.74) is 5.07. The van der Waals surface area contributed by atoms with Crippen molar-refractivity contribution in [3.05, 3.63) is 131 Å². The van der Waals surface area contributed by atoms with Crippen molar-refractivity contribution < 1.29 is 67.6 Å². The number of imide groups is 1. The van der Waals surface area contributed by atoms with E-state index < -0.39 is 59.9 Å². The number of carbonyl (C=O) groups is 10. The highest BCUT2D eigenvalue weighted by Crippen LogP contribution is 2.72. The molecule has 0 spiro atoms. The number of carbonyl (C=O) groups excluding carboxylic acids is 8.